The van der Waals surface area contributed by atoms with Gasteiger partial charge in [-0.2, -0.15) is 0 Å². The van der Waals surface area contributed by atoms with E-state index in [-0.39, 0.29) is 47.7 Å². The molecule has 0 amide bonds. The number of ether oxygens (including phenoxy) is 4. The molecule has 0 bridgehead atoms. The molecule has 8 nitrogen and oxygen atoms in total. The van der Waals surface area contributed by atoms with Gasteiger partial charge in [-0.3, -0.25) is 19.2 Å². The van der Waals surface area contributed by atoms with E-state index in [4.69, 9.17) is 18.9 Å². The zero-order valence-electron chi connectivity index (χ0n) is 22.4. The van der Waals surface area contributed by atoms with Crippen LogP contribution < -0.4 is 0 Å². The molecule has 0 heterocycles. The number of rotatable bonds is 6. The Morgan fingerprint density at radius 3 is 2.17 bits per heavy atom. The summed E-state index contributed by atoms with van der Waals surface area (Å²) in [6.45, 7) is 9.25. The Balaban J connectivity index is 1.74. The Morgan fingerprint density at radius 1 is 0.806 bits per heavy atom. The van der Waals surface area contributed by atoms with Gasteiger partial charge in [0.2, 0.25) is 0 Å². The van der Waals surface area contributed by atoms with Crippen molar-refractivity contribution in [3.05, 3.63) is 0 Å². The monoisotopic (exact) mass is 506 g/mol. The molecular weight excluding hydrogens is 464 g/mol. The summed E-state index contributed by atoms with van der Waals surface area (Å²) in [5.74, 6) is -0.850. The van der Waals surface area contributed by atoms with Crippen LogP contribution in [-0.4, -0.2) is 48.8 Å². The molecule has 0 aromatic heterocycles. The van der Waals surface area contributed by atoms with Crippen molar-refractivity contribution >= 4 is 23.9 Å². The average molecular weight is 507 g/mol. The van der Waals surface area contributed by atoms with E-state index in [0.717, 1.165) is 32.1 Å². The number of carbonyl (C=O) groups excluding carboxylic acids is 4. The van der Waals surface area contributed by atoms with Crippen LogP contribution in [0.2, 0.25) is 0 Å². The van der Waals surface area contributed by atoms with Gasteiger partial charge in [0.25, 0.3) is 0 Å². The van der Waals surface area contributed by atoms with Crippen molar-refractivity contribution in [2.24, 2.45) is 34.5 Å². The van der Waals surface area contributed by atoms with Crippen molar-refractivity contribution in [1.29, 1.82) is 0 Å². The van der Waals surface area contributed by atoms with Crippen molar-refractivity contribution in [3.63, 3.8) is 0 Å². The molecule has 36 heavy (non-hydrogen) atoms. The van der Waals surface area contributed by atoms with E-state index >= 15 is 0 Å². The number of hydrogen-bond acceptors (Lipinski definition) is 8. The lowest BCUT2D eigenvalue weighted by molar-refractivity contribution is -0.249. The van der Waals surface area contributed by atoms with Gasteiger partial charge in [-0.1, -0.05) is 6.92 Å². The maximum absolute atomic E-state index is 14.0. The fourth-order valence-electron chi connectivity index (χ4n) is 8.94. The lowest BCUT2D eigenvalue weighted by Gasteiger charge is -2.63. The van der Waals surface area contributed by atoms with E-state index in [1.54, 1.807) is 6.92 Å². The van der Waals surface area contributed by atoms with Gasteiger partial charge < -0.3 is 18.9 Å². The quantitative estimate of drug-likeness (QED) is 0.386. The topological polar surface area (TPSA) is 105 Å². The van der Waals surface area contributed by atoms with E-state index in [2.05, 4.69) is 6.92 Å². The molecule has 0 aromatic rings. The molecule has 4 saturated carbocycles. The highest BCUT2D eigenvalue weighted by molar-refractivity contribution is 5.81. The van der Waals surface area contributed by atoms with Gasteiger partial charge in [0.1, 0.15) is 17.1 Å². The van der Waals surface area contributed by atoms with Gasteiger partial charge >= 0.3 is 23.9 Å². The van der Waals surface area contributed by atoms with Crippen LogP contribution >= 0.6 is 0 Å². The Hall–Kier alpha value is -2.12. The van der Waals surface area contributed by atoms with E-state index in [9.17, 15) is 19.2 Å². The minimum absolute atomic E-state index is 0.0260. The molecule has 7 unspecified atom stereocenters. The first kappa shape index (κ1) is 26.9. The van der Waals surface area contributed by atoms with Gasteiger partial charge in [-0.05, 0) is 88.4 Å². The van der Waals surface area contributed by atoms with Crippen molar-refractivity contribution in [3.8, 4) is 0 Å². The molecule has 202 valence electrons. The first-order valence-corrected chi connectivity index (χ1v) is 13.7. The van der Waals surface area contributed by atoms with Crippen LogP contribution in [0.3, 0.4) is 0 Å². The molecule has 4 rings (SSSR count). The van der Waals surface area contributed by atoms with Crippen LogP contribution in [0.5, 0.6) is 0 Å². The Labute approximate surface area is 214 Å². The van der Waals surface area contributed by atoms with Gasteiger partial charge in [0.05, 0.1) is 19.1 Å². The van der Waals surface area contributed by atoms with E-state index in [1.165, 1.54) is 13.8 Å². The molecule has 0 spiro atoms. The van der Waals surface area contributed by atoms with Gasteiger partial charge in [0.15, 0.2) is 0 Å². The smallest absolute Gasteiger partial charge is 0.316 e. The van der Waals surface area contributed by atoms with Gasteiger partial charge in [-0.15, -0.1) is 0 Å². The third-order valence-electron chi connectivity index (χ3n) is 10.1. The highest BCUT2D eigenvalue weighted by Crippen LogP contribution is 2.69. The zero-order chi connectivity index (χ0) is 26.3. The maximum atomic E-state index is 14.0. The van der Waals surface area contributed by atoms with Crippen LogP contribution in [0, 0.1) is 34.5 Å². The third kappa shape index (κ3) is 4.12. The fourth-order valence-corrected chi connectivity index (χ4v) is 8.94. The van der Waals surface area contributed by atoms with Crippen molar-refractivity contribution < 1.29 is 38.1 Å². The molecule has 0 aliphatic heterocycles. The summed E-state index contributed by atoms with van der Waals surface area (Å²) in [5.41, 5.74) is -2.23. The molecular formula is C28H42O8. The summed E-state index contributed by atoms with van der Waals surface area (Å²) in [6, 6.07) is 0. The average Bonchev–Trinajstić information content (AvgIpc) is 3.15. The lowest BCUT2D eigenvalue weighted by atomic mass is 9.42. The summed E-state index contributed by atoms with van der Waals surface area (Å²) in [5, 5.41) is 0. The van der Waals surface area contributed by atoms with Gasteiger partial charge in [-0.25, -0.2) is 0 Å². The van der Waals surface area contributed by atoms with E-state index in [0.29, 0.717) is 38.2 Å². The minimum atomic E-state index is -1.07. The predicted molar refractivity (Wildman–Crippen MR) is 129 cm³/mol. The second-order valence-electron chi connectivity index (χ2n) is 11.6. The first-order valence-electron chi connectivity index (χ1n) is 13.7. The van der Waals surface area contributed by atoms with Crippen molar-refractivity contribution in [2.45, 2.75) is 104 Å². The molecule has 8 heteroatoms. The molecule has 0 radical (unpaired) electrons. The molecule has 0 N–H and O–H groups in total. The Kier molecular flexibility index (Phi) is 7.46. The van der Waals surface area contributed by atoms with Crippen LogP contribution in [-0.2, 0) is 38.1 Å². The largest absolute Gasteiger partial charge is 0.466 e. The fraction of sp³-hybridized carbons (Fsp3) is 0.857. The highest BCUT2D eigenvalue weighted by Gasteiger charge is 2.72. The van der Waals surface area contributed by atoms with Crippen molar-refractivity contribution in [2.75, 3.05) is 13.2 Å². The maximum Gasteiger partial charge on any atom is 0.316 e. The summed E-state index contributed by atoms with van der Waals surface area (Å²) in [4.78, 5) is 51.0. The molecule has 4 fully saturated rings. The molecule has 4 aliphatic carbocycles. The van der Waals surface area contributed by atoms with Crippen molar-refractivity contribution in [1.82, 2.24) is 0 Å². The second-order valence-corrected chi connectivity index (χ2v) is 11.6. The minimum Gasteiger partial charge on any atom is -0.466 e. The Morgan fingerprint density at radius 2 is 1.53 bits per heavy atom. The summed E-state index contributed by atoms with van der Waals surface area (Å²) in [7, 11) is 0. The third-order valence-corrected chi connectivity index (χ3v) is 10.1. The summed E-state index contributed by atoms with van der Waals surface area (Å²) >= 11 is 0. The van der Waals surface area contributed by atoms with Crippen LogP contribution in [0.25, 0.3) is 0 Å². The van der Waals surface area contributed by atoms with Crippen LogP contribution in [0.15, 0.2) is 0 Å². The number of hydrogen-bond donors (Lipinski definition) is 0. The number of esters is 4. The predicted octanol–water partition coefficient (Wildman–Crippen LogP) is 4.37. The lowest BCUT2D eigenvalue weighted by Crippen LogP contribution is -2.69. The normalized spacial score (nSPS) is 41.2. The van der Waals surface area contributed by atoms with Crippen LogP contribution in [0.1, 0.15) is 92.4 Å². The number of fused-ring (bicyclic) bond motifs is 5. The van der Waals surface area contributed by atoms with E-state index < -0.39 is 23.1 Å². The molecule has 4 aliphatic rings. The van der Waals surface area contributed by atoms with Gasteiger partial charge in [0, 0.05) is 20.3 Å². The first-order chi connectivity index (χ1) is 17.0. The Bertz CT molecular complexity index is 900. The van der Waals surface area contributed by atoms with E-state index in [1.807, 2.05) is 6.92 Å². The second kappa shape index (κ2) is 9.97. The van der Waals surface area contributed by atoms with Crippen LogP contribution in [0.4, 0.5) is 0 Å². The zero-order valence-corrected chi connectivity index (χ0v) is 22.4. The standard InChI is InChI=1S/C28H42O8/c1-6-33-24(31)23-9-8-21-20-11-14-27(36-18(4)30)16-19(35-17(3)29)10-15-28(27,25(32)34-7-2)22(20)12-13-26(21,23)5/h19-23H,6-16H2,1-5H3/t19?,20?,21?,22?,23-,26?,27?,28?/m0/s1. The highest BCUT2D eigenvalue weighted by atomic mass is 16.6. The number of carbonyl (C=O) groups is 4. The molecule has 0 aromatic carbocycles. The SMILES string of the molecule is CCOC(=O)[C@@H]1CCC2C3CCC4(OC(C)=O)CC(OC(C)=O)CCC4(C(=O)OCC)C3CCC21C. The summed E-state index contributed by atoms with van der Waals surface area (Å²) < 4.78 is 22.9. The molecule has 8 atom stereocenters. The molecule has 0 saturated heterocycles. The summed E-state index contributed by atoms with van der Waals surface area (Å²) in [6.07, 6.45) is 5.48.